The van der Waals surface area contributed by atoms with Crippen molar-refractivity contribution in [3.63, 3.8) is 0 Å². The smallest absolute Gasteiger partial charge is 0.304 e. The Balaban J connectivity index is 1.62. The van der Waals surface area contributed by atoms with E-state index < -0.39 is 16.0 Å². The molecule has 1 N–H and O–H groups in total. The van der Waals surface area contributed by atoms with E-state index in [1.54, 1.807) is 0 Å². The summed E-state index contributed by atoms with van der Waals surface area (Å²) in [6.07, 6.45) is 9.56. The maximum Gasteiger partial charge on any atom is 0.304 e. The highest BCUT2D eigenvalue weighted by atomic mass is 32.2. The first-order valence-corrected chi connectivity index (χ1v) is 11.1. The van der Waals surface area contributed by atoms with Gasteiger partial charge in [0.1, 0.15) is 0 Å². The van der Waals surface area contributed by atoms with Crippen molar-refractivity contribution >= 4 is 21.9 Å². The van der Waals surface area contributed by atoms with Crippen molar-refractivity contribution in [1.29, 1.82) is 0 Å². The zero-order valence-corrected chi connectivity index (χ0v) is 15.8. The van der Waals surface area contributed by atoms with Gasteiger partial charge in [0.05, 0.1) is 12.2 Å². The number of carboxylic acid groups (broad SMARTS) is 1. The fourth-order valence-electron chi connectivity index (χ4n) is 4.01. The largest absolute Gasteiger partial charge is 0.481 e. The predicted molar refractivity (Wildman–Crippen MR) is 95.5 cm³/mol. The third-order valence-corrected chi connectivity index (χ3v) is 7.24. The lowest BCUT2D eigenvalue weighted by Crippen LogP contribution is -2.26. The highest BCUT2D eigenvalue weighted by Crippen LogP contribution is 2.32. The monoisotopic (exact) mass is 385 g/mol. The zero-order chi connectivity index (χ0) is 18.6. The van der Waals surface area contributed by atoms with Gasteiger partial charge in [-0.1, -0.05) is 44.9 Å². The van der Waals surface area contributed by atoms with Crippen LogP contribution in [0.25, 0.3) is 0 Å². The van der Waals surface area contributed by atoms with E-state index in [2.05, 4.69) is 10.1 Å². The standard InChI is InChI=1S/C17H27N3O5S/c21-15(22)12-14(9-4-8-13-6-2-1-3-7-13)16-18-17(19-25-16)20-10-5-11-26(20,23)24/h13-14H,1-12H2,(H,21,22)/t14-/m1/s1. The molecule has 0 unspecified atom stereocenters. The van der Waals surface area contributed by atoms with Crippen LogP contribution in [0.15, 0.2) is 4.52 Å². The van der Waals surface area contributed by atoms with Crippen molar-refractivity contribution in [2.24, 2.45) is 5.92 Å². The van der Waals surface area contributed by atoms with E-state index in [0.717, 1.165) is 23.1 Å². The summed E-state index contributed by atoms with van der Waals surface area (Å²) in [6, 6.07) is 0. The number of nitrogens with zero attached hydrogens (tertiary/aromatic N) is 3. The van der Waals surface area contributed by atoms with Crippen molar-refractivity contribution in [2.75, 3.05) is 16.6 Å². The maximum absolute atomic E-state index is 12.0. The molecule has 1 saturated heterocycles. The van der Waals surface area contributed by atoms with Gasteiger partial charge in [0.15, 0.2) is 0 Å². The van der Waals surface area contributed by atoms with Gasteiger partial charge in [-0.25, -0.2) is 12.7 Å². The van der Waals surface area contributed by atoms with Crippen molar-refractivity contribution in [3.05, 3.63) is 5.89 Å². The molecule has 1 aliphatic carbocycles. The van der Waals surface area contributed by atoms with Crippen LogP contribution in [0.1, 0.15) is 76.0 Å². The lowest BCUT2D eigenvalue weighted by Gasteiger charge is -2.21. The molecule has 0 spiro atoms. The third kappa shape index (κ3) is 4.75. The SMILES string of the molecule is O=C(O)C[C@@H](CCCC1CCCCC1)c1nc(N2CCCS2(=O)=O)no1. The van der Waals surface area contributed by atoms with Crippen molar-refractivity contribution < 1.29 is 22.8 Å². The summed E-state index contributed by atoms with van der Waals surface area (Å²) in [6.45, 7) is 0.340. The number of rotatable bonds is 8. The molecule has 146 valence electrons. The first kappa shape index (κ1) is 19.1. The number of hydrogen-bond acceptors (Lipinski definition) is 6. The summed E-state index contributed by atoms with van der Waals surface area (Å²) in [7, 11) is -3.38. The van der Waals surface area contributed by atoms with E-state index >= 15 is 0 Å². The normalized spacial score (nSPS) is 21.8. The van der Waals surface area contributed by atoms with Gasteiger partial charge in [0, 0.05) is 12.5 Å². The number of aromatic nitrogens is 2. The summed E-state index contributed by atoms with van der Waals surface area (Å²) in [5.41, 5.74) is 0. The van der Waals surface area contributed by atoms with Crippen molar-refractivity contribution in [3.8, 4) is 0 Å². The molecule has 9 heteroatoms. The summed E-state index contributed by atoms with van der Waals surface area (Å²) in [5, 5.41) is 13.0. The van der Waals surface area contributed by atoms with Crippen molar-refractivity contribution in [1.82, 2.24) is 10.1 Å². The Labute approximate surface area is 154 Å². The Morgan fingerprint density at radius 2 is 2.04 bits per heavy atom. The molecule has 0 amide bonds. The number of anilines is 1. The first-order valence-electron chi connectivity index (χ1n) is 9.51. The van der Waals surface area contributed by atoms with Gasteiger partial charge in [-0.05, 0) is 23.9 Å². The van der Waals surface area contributed by atoms with Crippen LogP contribution in [-0.2, 0) is 14.8 Å². The van der Waals surface area contributed by atoms with E-state index in [0.29, 0.717) is 19.4 Å². The van der Waals surface area contributed by atoms with Crippen LogP contribution >= 0.6 is 0 Å². The van der Waals surface area contributed by atoms with Gasteiger partial charge >= 0.3 is 5.97 Å². The second-order valence-electron chi connectivity index (χ2n) is 7.40. The van der Waals surface area contributed by atoms with Crippen LogP contribution in [-0.4, -0.2) is 41.9 Å². The van der Waals surface area contributed by atoms with E-state index in [1.165, 1.54) is 32.1 Å². The molecule has 0 bridgehead atoms. The quantitative estimate of drug-likeness (QED) is 0.732. The maximum atomic E-state index is 12.0. The molecule has 3 rings (SSSR count). The van der Waals surface area contributed by atoms with Gasteiger partial charge in [-0.2, -0.15) is 4.98 Å². The Kier molecular flexibility index (Phi) is 6.16. The van der Waals surface area contributed by atoms with Crippen molar-refractivity contribution in [2.45, 2.75) is 70.1 Å². The van der Waals surface area contributed by atoms with Crippen LogP contribution in [0.2, 0.25) is 0 Å². The van der Waals surface area contributed by atoms with Crippen LogP contribution < -0.4 is 4.31 Å². The minimum absolute atomic E-state index is 0.0279. The Morgan fingerprint density at radius 1 is 1.27 bits per heavy atom. The second kappa shape index (κ2) is 8.37. The number of sulfonamides is 1. The third-order valence-electron chi connectivity index (χ3n) is 5.41. The van der Waals surface area contributed by atoms with Crippen LogP contribution in [0.4, 0.5) is 5.95 Å². The molecule has 1 saturated carbocycles. The number of carboxylic acids is 1. The molecule has 2 heterocycles. The lowest BCUT2D eigenvalue weighted by molar-refractivity contribution is -0.137. The molecular formula is C17H27N3O5S. The van der Waals surface area contributed by atoms with Crippen LogP contribution in [0.3, 0.4) is 0 Å². The topological polar surface area (TPSA) is 114 Å². The number of carbonyl (C=O) groups is 1. The van der Waals surface area contributed by atoms with Gasteiger partial charge in [0.2, 0.25) is 15.9 Å². The predicted octanol–water partition coefficient (Wildman–Crippen LogP) is 2.92. The summed E-state index contributed by atoms with van der Waals surface area (Å²) < 4.78 is 30.4. The lowest BCUT2D eigenvalue weighted by atomic mass is 9.84. The summed E-state index contributed by atoms with van der Waals surface area (Å²) in [5.74, 6) is -0.212. The molecule has 1 aromatic heterocycles. The molecule has 0 aromatic carbocycles. The molecule has 26 heavy (non-hydrogen) atoms. The molecule has 8 nitrogen and oxygen atoms in total. The molecule has 1 aromatic rings. The van der Waals surface area contributed by atoms with Crippen LogP contribution in [0.5, 0.6) is 0 Å². The van der Waals surface area contributed by atoms with Gasteiger partial charge in [-0.15, -0.1) is 0 Å². The molecule has 2 fully saturated rings. The average molecular weight is 385 g/mol. The highest BCUT2D eigenvalue weighted by Gasteiger charge is 2.33. The highest BCUT2D eigenvalue weighted by molar-refractivity contribution is 7.93. The molecule has 0 radical (unpaired) electrons. The average Bonchev–Trinajstić information content (AvgIpc) is 3.20. The van der Waals surface area contributed by atoms with Gasteiger partial charge in [-0.3, -0.25) is 4.79 Å². The molecule has 1 atom stereocenters. The minimum atomic E-state index is -3.38. The van der Waals surface area contributed by atoms with E-state index in [-0.39, 0.29) is 29.9 Å². The zero-order valence-electron chi connectivity index (χ0n) is 15.0. The number of aliphatic carboxylic acids is 1. The summed E-state index contributed by atoms with van der Waals surface area (Å²) in [4.78, 5) is 15.4. The second-order valence-corrected chi connectivity index (χ2v) is 9.42. The fraction of sp³-hybridized carbons (Fsp3) is 0.824. The Bertz CT molecular complexity index is 712. The fourth-order valence-corrected chi connectivity index (χ4v) is 5.46. The first-order chi connectivity index (χ1) is 12.5. The Morgan fingerprint density at radius 3 is 2.69 bits per heavy atom. The minimum Gasteiger partial charge on any atom is -0.481 e. The molecule has 1 aliphatic heterocycles. The van der Waals surface area contributed by atoms with Gasteiger partial charge < -0.3 is 9.63 Å². The van der Waals surface area contributed by atoms with E-state index in [1.807, 2.05) is 0 Å². The number of hydrogen-bond donors (Lipinski definition) is 1. The van der Waals surface area contributed by atoms with E-state index in [9.17, 15) is 18.3 Å². The molecular weight excluding hydrogens is 358 g/mol. The van der Waals surface area contributed by atoms with Crippen LogP contribution in [0, 0.1) is 5.92 Å². The summed E-state index contributed by atoms with van der Waals surface area (Å²) >= 11 is 0. The Hall–Kier alpha value is -1.64. The molecule has 2 aliphatic rings. The van der Waals surface area contributed by atoms with Gasteiger partial charge in [0.25, 0.3) is 5.95 Å². The van der Waals surface area contributed by atoms with E-state index in [4.69, 9.17) is 4.52 Å².